The number of thiophene rings is 1. The van der Waals surface area contributed by atoms with Crippen LogP contribution in [0.4, 0.5) is 5.69 Å². The van der Waals surface area contributed by atoms with Gasteiger partial charge in [0.15, 0.2) is 0 Å². The van der Waals surface area contributed by atoms with Gasteiger partial charge < -0.3 is 0 Å². The Kier molecular flexibility index (Phi) is 3.82. The lowest BCUT2D eigenvalue weighted by atomic mass is 9.92. The first kappa shape index (κ1) is 15.5. The van der Waals surface area contributed by atoms with Crippen LogP contribution in [0.15, 0.2) is 66.0 Å². The van der Waals surface area contributed by atoms with E-state index in [1.165, 1.54) is 4.90 Å². The van der Waals surface area contributed by atoms with Gasteiger partial charge in [-0.05, 0) is 48.2 Å². The van der Waals surface area contributed by atoms with Gasteiger partial charge in [-0.25, -0.2) is 4.90 Å². The van der Waals surface area contributed by atoms with Crippen molar-refractivity contribution in [2.75, 3.05) is 4.90 Å². The second-order valence-electron chi connectivity index (χ2n) is 5.90. The van der Waals surface area contributed by atoms with E-state index in [9.17, 15) is 9.59 Å². The summed E-state index contributed by atoms with van der Waals surface area (Å²) < 4.78 is 0. The van der Waals surface area contributed by atoms with Gasteiger partial charge in [-0.15, -0.1) is 11.3 Å². The van der Waals surface area contributed by atoms with Crippen LogP contribution in [0.1, 0.15) is 26.4 Å². The van der Waals surface area contributed by atoms with Crippen molar-refractivity contribution in [3.05, 3.63) is 87.6 Å². The summed E-state index contributed by atoms with van der Waals surface area (Å²) in [5.41, 5.74) is 3.38. The van der Waals surface area contributed by atoms with Gasteiger partial charge in [-0.2, -0.15) is 0 Å². The van der Waals surface area contributed by atoms with Gasteiger partial charge >= 0.3 is 0 Å². The van der Waals surface area contributed by atoms with E-state index in [1.807, 2.05) is 66.9 Å². The van der Waals surface area contributed by atoms with Crippen LogP contribution in [0.25, 0.3) is 11.6 Å². The molecular formula is C21H15NO2S. The highest BCUT2D eigenvalue weighted by Crippen LogP contribution is 2.34. The fourth-order valence-electron chi connectivity index (χ4n) is 3.01. The minimum atomic E-state index is -0.289. The summed E-state index contributed by atoms with van der Waals surface area (Å²) in [6.45, 7) is 1.94. The van der Waals surface area contributed by atoms with Crippen molar-refractivity contribution in [2.45, 2.75) is 6.92 Å². The molecule has 0 atom stereocenters. The molecule has 2 aromatic carbocycles. The summed E-state index contributed by atoms with van der Waals surface area (Å²) in [5, 5.41) is 1.97. The third kappa shape index (κ3) is 2.71. The molecule has 1 aliphatic heterocycles. The number of hydrogen-bond donors (Lipinski definition) is 0. The highest BCUT2D eigenvalue weighted by molar-refractivity contribution is 7.11. The molecule has 0 spiro atoms. The van der Waals surface area contributed by atoms with Crippen molar-refractivity contribution >= 4 is 40.5 Å². The summed E-state index contributed by atoms with van der Waals surface area (Å²) in [6, 6.07) is 18.6. The molecule has 4 rings (SSSR count). The lowest BCUT2D eigenvalue weighted by Gasteiger charge is -2.28. The summed E-state index contributed by atoms with van der Waals surface area (Å²) in [5.74, 6) is -0.572. The third-order valence-corrected chi connectivity index (χ3v) is 4.99. The highest BCUT2D eigenvalue weighted by atomic mass is 32.1. The molecule has 25 heavy (non-hydrogen) atoms. The number of nitrogens with zero attached hydrogens (tertiary/aromatic N) is 1. The predicted molar refractivity (Wildman–Crippen MR) is 102 cm³/mol. The molecular weight excluding hydrogens is 330 g/mol. The molecule has 0 unspecified atom stereocenters. The molecule has 0 saturated carbocycles. The van der Waals surface area contributed by atoms with Gasteiger partial charge in [0.2, 0.25) is 0 Å². The first-order valence-corrected chi connectivity index (χ1v) is 8.83. The van der Waals surface area contributed by atoms with E-state index >= 15 is 0 Å². The summed E-state index contributed by atoms with van der Waals surface area (Å²) in [6.07, 6.45) is 1.86. The Morgan fingerprint density at radius 3 is 2.40 bits per heavy atom. The molecule has 2 amide bonds. The van der Waals surface area contributed by atoms with Crippen LogP contribution in [0.3, 0.4) is 0 Å². The quantitative estimate of drug-likeness (QED) is 0.495. The molecule has 1 aliphatic rings. The smallest absolute Gasteiger partial charge is 0.266 e. The van der Waals surface area contributed by atoms with Gasteiger partial charge in [0.1, 0.15) is 0 Å². The Morgan fingerprint density at radius 2 is 1.68 bits per heavy atom. The minimum Gasteiger partial charge on any atom is -0.268 e. The van der Waals surface area contributed by atoms with E-state index in [1.54, 1.807) is 23.5 Å². The second kappa shape index (κ2) is 6.15. The molecule has 0 radical (unpaired) electrons. The van der Waals surface area contributed by atoms with Crippen molar-refractivity contribution in [3.63, 3.8) is 0 Å². The fourth-order valence-corrected chi connectivity index (χ4v) is 3.67. The maximum Gasteiger partial charge on any atom is 0.266 e. The van der Waals surface area contributed by atoms with Crippen LogP contribution < -0.4 is 4.90 Å². The van der Waals surface area contributed by atoms with Crippen LogP contribution in [0.5, 0.6) is 0 Å². The average Bonchev–Trinajstić information content (AvgIpc) is 3.12. The number of hydrogen-bond acceptors (Lipinski definition) is 3. The zero-order chi connectivity index (χ0) is 17.4. The number of benzene rings is 2. The van der Waals surface area contributed by atoms with E-state index in [0.29, 0.717) is 22.4 Å². The Labute approximate surface area is 149 Å². The zero-order valence-electron chi connectivity index (χ0n) is 13.6. The largest absolute Gasteiger partial charge is 0.268 e. The van der Waals surface area contributed by atoms with Crippen LogP contribution in [-0.2, 0) is 4.79 Å². The lowest BCUT2D eigenvalue weighted by Crippen LogP contribution is -2.41. The van der Waals surface area contributed by atoms with Gasteiger partial charge in [0, 0.05) is 21.6 Å². The molecule has 0 saturated heterocycles. The van der Waals surface area contributed by atoms with E-state index in [2.05, 4.69) is 0 Å². The molecule has 0 N–H and O–H groups in total. The van der Waals surface area contributed by atoms with Crippen molar-refractivity contribution in [3.8, 4) is 0 Å². The summed E-state index contributed by atoms with van der Waals surface area (Å²) >= 11 is 1.56. The molecule has 3 nitrogen and oxygen atoms in total. The Hall–Kier alpha value is -2.98. The van der Waals surface area contributed by atoms with Crippen molar-refractivity contribution in [2.24, 2.45) is 0 Å². The van der Waals surface area contributed by atoms with Crippen LogP contribution in [0, 0.1) is 6.92 Å². The number of rotatable bonds is 2. The zero-order valence-corrected chi connectivity index (χ0v) is 14.4. The number of carbonyl (C=O) groups is 2. The average molecular weight is 345 g/mol. The first-order chi connectivity index (χ1) is 12.1. The number of carbonyl (C=O) groups excluding carboxylic acids is 2. The van der Waals surface area contributed by atoms with Crippen LogP contribution >= 0.6 is 11.3 Å². The standard InChI is InChI=1S/C21H15NO2S/c1-14-6-4-7-15(12-14)22-20(23)18-10-3-2-9-17(18)19(21(22)24)13-16-8-5-11-25-16/h2-13H,1H3. The van der Waals surface area contributed by atoms with E-state index in [0.717, 1.165) is 10.4 Å². The Balaban J connectivity index is 1.92. The van der Waals surface area contributed by atoms with E-state index < -0.39 is 0 Å². The van der Waals surface area contributed by atoms with Crippen molar-refractivity contribution in [1.82, 2.24) is 0 Å². The number of aryl methyl sites for hydroxylation is 1. The second-order valence-corrected chi connectivity index (χ2v) is 6.88. The monoisotopic (exact) mass is 345 g/mol. The van der Waals surface area contributed by atoms with Gasteiger partial charge in [-0.3, -0.25) is 9.59 Å². The molecule has 3 aromatic rings. The number of anilines is 1. The SMILES string of the molecule is Cc1cccc(N2C(=O)C(=Cc3cccs3)c3ccccc3C2=O)c1. The van der Waals surface area contributed by atoms with Gasteiger partial charge in [-0.1, -0.05) is 36.4 Å². The first-order valence-electron chi connectivity index (χ1n) is 7.95. The lowest BCUT2D eigenvalue weighted by molar-refractivity contribution is -0.112. The van der Waals surface area contributed by atoms with Crippen LogP contribution in [0.2, 0.25) is 0 Å². The molecule has 0 aliphatic carbocycles. The summed E-state index contributed by atoms with van der Waals surface area (Å²) in [7, 11) is 0. The maximum absolute atomic E-state index is 13.2. The molecule has 1 aromatic heterocycles. The van der Waals surface area contributed by atoms with E-state index in [-0.39, 0.29) is 11.8 Å². The number of imide groups is 1. The Morgan fingerprint density at radius 1 is 0.880 bits per heavy atom. The third-order valence-electron chi connectivity index (χ3n) is 4.17. The fraction of sp³-hybridized carbons (Fsp3) is 0.0476. The predicted octanol–water partition coefficient (Wildman–Crippen LogP) is 4.78. The highest BCUT2D eigenvalue weighted by Gasteiger charge is 2.35. The van der Waals surface area contributed by atoms with Gasteiger partial charge in [0.25, 0.3) is 11.8 Å². The van der Waals surface area contributed by atoms with Gasteiger partial charge in [0.05, 0.1) is 5.69 Å². The van der Waals surface area contributed by atoms with Crippen LogP contribution in [-0.4, -0.2) is 11.8 Å². The van der Waals surface area contributed by atoms with Crippen molar-refractivity contribution in [1.29, 1.82) is 0 Å². The Bertz CT molecular complexity index is 1000. The number of amides is 2. The molecule has 0 fully saturated rings. The van der Waals surface area contributed by atoms with E-state index in [4.69, 9.17) is 0 Å². The summed E-state index contributed by atoms with van der Waals surface area (Å²) in [4.78, 5) is 28.4. The topological polar surface area (TPSA) is 37.4 Å². The number of fused-ring (bicyclic) bond motifs is 1. The normalized spacial score (nSPS) is 15.6. The molecule has 122 valence electrons. The molecule has 0 bridgehead atoms. The minimum absolute atomic E-state index is 0.283. The van der Waals surface area contributed by atoms with Crippen molar-refractivity contribution < 1.29 is 9.59 Å². The maximum atomic E-state index is 13.2. The molecule has 2 heterocycles. The molecule has 4 heteroatoms.